The van der Waals surface area contributed by atoms with E-state index in [4.69, 9.17) is 5.11 Å². The first-order valence-corrected chi connectivity index (χ1v) is 7.03. The average Bonchev–Trinajstić information content (AvgIpc) is 2.43. The monoisotopic (exact) mass is 286 g/mol. The number of hydrogen-bond donors (Lipinski definition) is 2. The molecule has 0 heterocycles. The van der Waals surface area contributed by atoms with Gasteiger partial charge in [-0.25, -0.2) is 9.18 Å². The predicted molar refractivity (Wildman–Crippen MR) is 74.8 cm³/mol. The van der Waals surface area contributed by atoms with Crippen molar-refractivity contribution in [1.82, 2.24) is 10.2 Å². The van der Waals surface area contributed by atoms with Crippen LogP contribution in [0.2, 0.25) is 0 Å². The van der Waals surface area contributed by atoms with Gasteiger partial charge in [0, 0.05) is 24.2 Å². The maximum Gasteiger partial charge on any atom is 0.317 e. The van der Waals surface area contributed by atoms with E-state index in [0.717, 1.165) is 0 Å². The Morgan fingerprint density at radius 3 is 2.84 bits per heavy atom. The van der Waals surface area contributed by atoms with Crippen LogP contribution in [0.3, 0.4) is 0 Å². The van der Waals surface area contributed by atoms with E-state index in [1.807, 2.05) is 0 Å². The Kier molecular flexibility index (Phi) is 6.66. The molecule has 0 saturated carbocycles. The van der Waals surface area contributed by atoms with Crippen molar-refractivity contribution in [1.29, 1.82) is 0 Å². The van der Waals surface area contributed by atoms with E-state index in [1.165, 1.54) is 22.7 Å². The zero-order valence-electron chi connectivity index (χ0n) is 11.1. The second-order valence-corrected chi connectivity index (χ2v) is 5.29. The Labute approximate surface area is 117 Å². The fraction of sp³-hybridized carbons (Fsp3) is 0.462. The van der Waals surface area contributed by atoms with Crippen molar-refractivity contribution in [3.05, 3.63) is 30.1 Å². The molecule has 0 bridgehead atoms. The summed E-state index contributed by atoms with van der Waals surface area (Å²) in [5.74, 6) is 0.346. The van der Waals surface area contributed by atoms with E-state index < -0.39 is 0 Å². The third-order valence-corrected chi connectivity index (χ3v) is 3.77. The number of benzene rings is 1. The number of carbonyl (C=O) groups excluding carboxylic acids is 1. The third-order valence-electron chi connectivity index (χ3n) is 2.72. The van der Waals surface area contributed by atoms with Gasteiger partial charge < -0.3 is 15.3 Å². The highest BCUT2D eigenvalue weighted by Gasteiger charge is 2.13. The first kappa shape index (κ1) is 15.8. The lowest BCUT2D eigenvalue weighted by molar-refractivity contribution is 0.158. The molecule has 1 aromatic carbocycles. The van der Waals surface area contributed by atoms with Crippen molar-refractivity contribution < 1.29 is 14.3 Å². The number of halogens is 1. The summed E-state index contributed by atoms with van der Waals surface area (Å²) in [6.45, 7) is 2.13. The molecule has 0 spiro atoms. The van der Waals surface area contributed by atoms with Crippen LogP contribution in [-0.4, -0.2) is 48.0 Å². The summed E-state index contributed by atoms with van der Waals surface area (Å²) in [4.78, 5) is 13.7. The fourth-order valence-corrected chi connectivity index (χ4v) is 2.13. The number of aliphatic hydroxyl groups excluding tert-OH is 1. The number of carbonyl (C=O) groups is 1. The van der Waals surface area contributed by atoms with Gasteiger partial charge in [-0.3, -0.25) is 0 Å². The lowest BCUT2D eigenvalue weighted by Gasteiger charge is -2.23. The topological polar surface area (TPSA) is 52.6 Å². The maximum absolute atomic E-state index is 13.3. The predicted octanol–water partition coefficient (Wildman–Crippen LogP) is 1.94. The van der Waals surface area contributed by atoms with Crippen molar-refractivity contribution >= 4 is 17.8 Å². The second-order valence-electron chi connectivity index (χ2n) is 4.15. The minimum absolute atomic E-state index is 0.0755. The number of urea groups is 1. The van der Waals surface area contributed by atoms with Crippen LogP contribution in [0.1, 0.15) is 6.92 Å². The molecule has 0 unspecified atom stereocenters. The zero-order valence-corrected chi connectivity index (χ0v) is 11.9. The SMILES string of the molecule is C[C@H](CO)N(C)C(=O)NCCSc1ccccc1F. The van der Waals surface area contributed by atoms with Crippen LogP contribution in [0, 0.1) is 5.82 Å². The van der Waals surface area contributed by atoms with E-state index >= 15 is 0 Å². The van der Waals surface area contributed by atoms with Gasteiger partial charge in [-0.2, -0.15) is 0 Å². The summed E-state index contributed by atoms with van der Waals surface area (Å²) < 4.78 is 13.3. The highest BCUT2D eigenvalue weighted by molar-refractivity contribution is 7.99. The number of likely N-dealkylation sites (N-methyl/N-ethyl adjacent to an activating group) is 1. The largest absolute Gasteiger partial charge is 0.394 e. The zero-order chi connectivity index (χ0) is 14.3. The van der Waals surface area contributed by atoms with Gasteiger partial charge in [-0.15, -0.1) is 11.8 Å². The summed E-state index contributed by atoms with van der Waals surface area (Å²) in [7, 11) is 1.63. The van der Waals surface area contributed by atoms with Crippen LogP contribution >= 0.6 is 11.8 Å². The van der Waals surface area contributed by atoms with Crippen LogP contribution in [0.25, 0.3) is 0 Å². The second kappa shape index (κ2) is 8.01. The first-order chi connectivity index (χ1) is 9.06. The van der Waals surface area contributed by atoms with Crippen molar-refractivity contribution in [3.8, 4) is 0 Å². The summed E-state index contributed by atoms with van der Waals surface area (Å²) in [5.41, 5.74) is 0. The molecule has 1 atom stereocenters. The van der Waals surface area contributed by atoms with Gasteiger partial charge in [-0.05, 0) is 19.1 Å². The van der Waals surface area contributed by atoms with Crippen LogP contribution in [-0.2, 0) is 0 Å². The van der Waals surface area contributed by atoms with Gasteiger partial charge in [0.25, 0.3) is 0 Å². The van der Waals surface area contributed by atoms with Crippen molar-refractivity contribution in [2.45, 2.75) is 17.9 Å². The molecule has 0 aliphatic carbocycles. The molecule has 0 radical (unpaired) electrons. The number of nitrogens with one attached hydrogen (secondary N) is 1. The molecule has 106 valence electrons. The number of rotatable bonds is 6. The standard InChI is InChI=1S/C13H19FN2O2S/c1-10(9-17)16(2)13(18)15-7-8-19-12-6-4-3-5-11(12)14/h3-6,10,17H,7-9H2,1-2H3,(H,15,18)/t10-/m1/s1. The molecular weight excluding hydrogens is 267 g/mol. The van der Waals surface area contributed by atoms with Crippen molar-refractivity contribution in [3.63, 3.8) is 0 Å². The van der Waals surface area contributed by atoms with Crippen LogP contribution in [0.5, 0.6) is 0 Å². The highest BCUT2D eigenvalue weighted by Crippen LogP contribution is 2.20. The third kappa shape index (κ3) is 5.08. The van der Waals surface area contributed by atoms with Crippen molar-refractivity contribution in [2.24, 2.45) is 0 Å². The molecule has 0 aliphatic heterocycles. The fourth-order valence-electron chi connectivity index (χ4n) is 1.33. The molecule has 6 heteroatoms. The van der Waals surface area contributed by atoms with Crippen molar-refractivity contribution in [2.75, 3.05) is 26.0 Å². The van der Waals surface area contributed by atoms with Crippen LogP contribution < -0.4 is 5.32 Å². The Morgan fingerprint density at radius 2 is 2.21 bits per heavy atom. The van der Waals surface area contributed by atoms with E-state index in [1.54, 1.807) is 32.2 Å². The molecule has 2 amide bonds. The van der Waals surface area contributed by atoms with E-state index in [2.05, 4.69) is 5.32 Å². The Morgan fingerprint density at radius 1 is 1.53 bits per heavy atom. The lowest BCUT2D eigenvalue weighted by atomic mass is 10.3. The number of aliphatic hydroxyl groups is 1. The quantitative estimate of drug-likeness (QED) is 0.621. The molecule has 0 aliphatic rings. The van der Waals surface area contributed by atoms with E-state index in [9.17, 15) is 9.18 Å². The van der Waals surface area contributed by atoms with Gasteiger partial charge in [0.15, 0.2) is 0 Å². The molecule has 19 heavy (non-hydrogen) atoms. The minimum Gasteiger partial charge on any atom is -0.394 e. The Bertz CT molecular complexity index is 417. The van der Waals surface area contributed by atoms with Gasteiger partial charge >= 0.3 is 6.03 Å². The summed E-state index contributed by atoms with van der Waals surface area (Å²) in [5, 5.41) is 11.7. The highest BCUT2D eigenvalue weighted by atomic mass is 32.2. The van der Waals surface area contributed by atoms with Gasteiger partial charge in [0.05, 0.1) is 12.6 Å². The molecule has 2 N–H and O–H groups in total. The minimum atomic E-state index is -0.246. The number of thioether (sulfide) groups is 1. The molecule has 0 aromatic heterocycles. The molecule has 0 saturated heterocycles. The van der Waals surface area contributed by atoms with Gasteiger partial charge in [0.2, 0.25) is 0 Å². The molecule has 0 fully saturated rings. The summed E-state index contributed by atoms with van der Waals surface area (Å²) in [6, 6.07) is 6.09. The maximum atomic E-state index is 13.3. The number of nitrogens with zero attached hydrogens (tertiary/aromatic N) is 1. The van der Waals surface area contributed by atoms with Gasteiger partial charge in [0.1, 0.15) is 5.82 Å². The summed E-state index contributed by atoms with van der Waals surface area (Å²) >= 11 is 1.36. The molecular formula is C13H19FN2O2S. The summed E-state index contributed by atoms with van der Waals surface area (Å²) in [6.07, 6.45) is 0. The Balaban J connectivity index is 2.28. The Hall–Kier alpha value is -1.27. The van der Waals surface area contributed by atoms with E-state index in [0.29, 0.717) is 17.2 Å². The lowest BCUT2D eigenvalue weighted by Crippen LogP contribution is -2.44. The van der Waals surface area contributed by atoms with Gasteiger partial charge in [-0.1, -0.05) is 12.1 Å². The van der Waals surface area contributed by atoms with Crippen LogP contribution in [0.4, 0.5) is 9.18 Å². The molecule has 4 nitrogen and oxygen atoms in total. The molecule has 1 aromatic rings. The van der Waals surface area contributed by atoms with E-state index in [-0.39, 0.29) is 24.5 Å². The number of amides is 2. The smallest absolute Gasteiger partial charge is 0.317 e. The molecule has 1 rings (SSSR count). The van der Waals surface area contributed by atoms with Crippen LogP contribution in [0.15, 0.2) is 29.2 Å². The number of hydrogen-bond acceptors (Lipinski definition) is 3. The average molecular weight is 286 g/mol. The first-order valence-electron chi connectivity index (χ1n) is 6.05. The normalized spacial score (nSPS) is 12.0.